The van der Waals surface area contributed by atoms with Gasteiger partial charge in [-0.15, -0.1) is 12.4 Å². The second kappa shape index (κ2) is 4.03. The number of hydrogen-bond donors (Lipinski definition) is 1. The first kappa shape index (κ1) is 10.0. The minimum Gasteiger partial charge on any atom is -0.495 e. The molecule has 1 heterocycles. The molecule has 0 fully saturated rings. The van der Waals surface area contributed by atoms with E-state index in [9.17, 15) is 0 Å². The molecular formula is C7H11ClN2O. The summed E-state index contributed by atoms with van der Waals surface area (Å²) in [5, 5.41) is 0. The minimum absolute atomic E-state index is 0. The Kier molecular flexibility index (Phi) is 3.68. The molecule has 0 amide bonds. The normalized spacial score (nSPS) is 8.55. The van der Waals surface area contributed by atoms with Gasteiger partial charge >= 0.3 is 0 Å². The summed E-state index contributed by atoms with van der Waals surface area (Å²) in [7, 11) is 1.60. The number of pyridine rings is 1. The van der Waals surface area contributed by atoms with Gasteiger partial charge in [0.15, 0.2) is 0 Å². The molecule has 3 nitrogen and oxygen atoms in total. The molecule has 0 aliphatic carbocycles. The van der Waals surface area contributed by atoms with Crippen molar-refractivity contribution in [2.24, 2.45) is 0 Å². The molecule has 0 aliphatic rings. The van der Waals surface area contributed by atoms with Crippen molar-refractivity contribution in [3.63, 3.8) is 0 Å². The zero-order chi connectivity index (χ0) is 7.56. The number of nitrogens with zero attached hydrogens (tertiary/aromatic N) is 1. The van der Waals surface area contributed by atoms with Crippen LogP contribution in [0.4, 0.5) is 5.69 Å². The van der Waals surface area contributed by atoms with Gasteiger partial charge in [0.1, 0.15) is 5.75 Å². The van der Waals surface area contributed by atoms with Gasteiger partial charge in [-0.25, -0.2) is 0 Å². The fourth-order valence-corrected chi connectivity index (χ4v) is 0.727. The molecule has 0 bridgehead atoms. The van der Waals surface area contributed by atoms with Gasteiger partial charge in [-0.3, -0.25) is 4.98 Å². The largest absolute Gasteiger partial charge is 0.495 e. The van der Waals surface area contributed by atoms with Crippen LogP contribution in [0.1, 0.15) is 5.56 Å². The van der Waals surface area contributed by atoms with E-state index in [1.165, 1.54) is 0 Å². The third-order valence-electron chi connectivity index (χ3n) is 1.43. The monoisotopic (exact) mass is 174 g/mol. The summed E-state index contributed by atoms with van der Waals surface area (Å²) in [5.74, 6) is 0.736. The number of anilines is 1. The molecule has 0 aliphatic heterocycles. The molecule has 2 N–H and O–H groups in total. The van der Waals surface area contributed by atoms with E-state index in [0.29, 0.717) is 5.69 Å². The first-order chi connectivity index (χ1) is 4.75. The van der Waals surface area contributed by atoms with Crippen LogP contribution in [0.3, 0.4) is 0 Å². The highest BCUT2D eigenvalue weighted by Crippen LogP contribution is 2.19. The first-order valence-corrected chi connectivity index (χ1v) is 2.99. The predicted octanol–water partition coefficient (Wildman–Crippen LogP) is 1.40. The lowest BCUT2D eigenvalue weighted by Gasteiger charge is -2.04. The van der Waals surface area contributed by atoms with E-state index in [1.807, 2.05) is 6.92 Å². The lowest BCUT2D eigenvalue weighted by Crippen LogP contribution is -1.94. The van der Waals surface area contributed by atoms with Crippen LogP contribution in [0.5, 0.6) is 5.75 Å². The van der Waals surface area contributed by atoms with Crippen LogP contribution in [0.2, 0.25) is 0 Å². The van der Waals surface area contributed by atoms with Crippen LogP contribution >= 0.6 is 12.4 Å². The first-order valence-electron chi connectivity index (χ1n) is 2.99. The molecule has 0 unspecified atom stereocenters. The molecule has 1 aromatic heterocycles. The van der Waals surface area contributed by atoms with Gasteiger partial charge in [0.05, 0.1) is 25.2 Å². The number of aromatic nitrogens is 1. The molecular weight excluding hydrogens is 164 g/mol. The van der Waals surface area contributed by atoms with E-state index >= 15 is 0 Å². The summed E-state index contributed by atoms with van der Waals surface area (Å²) in [5.41, 5.74) is 7.16. The summed E-state index contributed by atoms with van der Waals surface area (Å²) in [4.78, 5) is 3.87. The minimum atomic E-state index is 0. The van der Waals surface area contributed by atoms with E-state index < -0.39 is 0 Å². The van der Waals surface area contributed by atoms with Crippen molar-refractivity contribution in [2.45, 2.75) is 6.92 Å². The number of ether oxygens (including phenoxy) is 1. The Morgan fingerprint density at radius 2 is 2.09 bits per heavy atom. The average Bonchev–Trinajstić information content (AvgIpc) is 1.95. The van der Waals surface area contributed by atoms with Crippen LogP contribution in [0, 0.1) is 6.92 Å². The van der Waals surface area contributed by atoms with Gasteiger partial charge in [-0.05, 0) is 6.92 Å². The highest BCUT2D eigenvalue weighted by molar-refractivity contribution is 5.85. The van der Waals surface area contributed by atoms with E-state index in [4.69, 9.17) is 10.5 Å². The molecule has 0 saturated heterocycles. The zero-order valence-corrected chi connectivity index (χ0v) is 7.31. The molecule has 11 heavy (non-hydrogen) atoms. The molecule has 4 heteroatoms. The Bertz CT molecular complexity index is 240. The summed E-state index contributed by atoms with van der Waals surface area (Å²) in [6.45, 7) is 1.90. The highest BCUT2D eigenvalue weighted by Gasteiger charge is 1.99. The standard InChI is InChI=1S/C7H10N2O.ClH/c1-5-6(8)3-9-4-7(5)10-2;/h3-4H,8H2,1-2H3;1H. The van der Waals surface area contributed by atoms with Gasteiger partial charge in [0, 0.05) is 5.56 Å². The van der Waals surface area contributed by atoms with Gasteiger partial charge < -0.3 is 10.5 Å². The number of rotatable bonds is 1. The smallest absolute Gasteiger partial charge is 0.142 e. The third-order valence-corrected chi connectivity index (χ3v) is 1.43. The fourth-order valence-electron chi connectivity index (χ4n) is 0.727. The van der Waals surface area contributed by atoms with Gasteiger partial charge in [-0.1, -0.05) is 0 Å². The maximum atomic E-state index is 5.55. The van der Waals surface area contributed by atoms with Crippen molar-refractivity contribution in [2.75, 3.05) is 12.8 Å². The van der Waals surface area contributed by atoms with Gasteiger partial charge in [-0.2, -0.15) is 0 Å². The quantitative estimate of drug-likeness (QED) is 0.700. The van der Waals surface area contributed by atoms with Gasteiger partial charge in [0.25, 0.3) is 0 Å². The Labute approximate surface area is 72.0 Å². The van der Waals surface area contributed by atoms with Crippen molar-refractivity contribution in [1.82, 2.24) is 4.98 Å². The van der Waals surface area contributed by atoms with Crippen molar-refractivity contribution in [3.05, 3.63) is 18.0 Å². The number of halogens is 1. The van der Waals surface area contributed by atoms with Crippen molar-refractivity contribution < 1.29 is 4.74 Å². The van der Waals surface area contributed by atoms with Crippen LogP contribution in [-0.4, -0.2) is 12.1 Å². The summed E-state index contributed by atoms with van der Waals surface area (Å²) < 4.78 is 4.98. The number of nitrogens with two attached hydrogens (primary N) is 1. The zero-order valence-electron chi connectivity index (χ0n) is 6.50. The SMILES string of the molecule is COc1cncc(N)c1C.Cl. The summed E-state index contributed by atoms with van der Waals surface area (Å²) >= 11 is 0. The predicted molar refractivity (Wildman–Crippen MR) is 47.2 cm³/mol. The Morgan fingerprint density at radius 1 is 1.45 bits per heavy atom. The van der Waals surface area contributed by atoms with Crippen molar-refractivity contribution in [1.29, 1.82) is 0 Å². The van der Waals surface area contributed by atoms with Crippen LogP contribution in [0.25, 0.3) is 0 Å². The number of hydrogen-bond acceptors (Lipinski definition) is 3. The van der Waals surface area contributed by atoms with Crippen LogP contribution in [-0.2, 0) is 0 Å². The molecule has 0 aromatic carbocycles. The maximum Gasteiger partial charge on any atom is 0.142 e. The molecule has 1 aromatic rings. The lowest BCUT2D eigenvalue weighted by atomic mass is 10.2. The van der Waals surface area contributed by atoms with Crippen molar-refractivity contribution in [3.8, 4) is 5.75 Å². The van der Waals surface area contributed by atoms with Crippen LogP contribution < -0.4 is 10.5 Å². The molecule has 1 rings (SSSR count). The van der Waals surface area contributed by atoms with E-state index in [-0.39, 0.29) is 12.4 Å². The van der Waals surface area contributed by atoms with Crippen LogP contribution in [0.15, 0.2) is 12.4 Å². The Morgan fingerprint density at radius 3 is 2.55 bits per heavy atom. The van der Waals surface area contributed by atoms with Gasteiger partial charge in [0.2, 0.25) is 0 Å². The fraction of sp³-hybridized carbons (Fsp3) is 0.286. The molecule has 62 valence electrons. The second-order valence-electron chi connectivity index (χ2n) is 2.06. The number of methoxy groups -OCH3 is 1. The molecule has 0 radical (unpaired) electrons. The molecule has 0 spiro atoms. The van der Waals surface area contributed by atoms with E-state index in [1.54, 1.807) is 19.5 Å². The second-order valence-corrected chi connectivity index (χ2v) is 2.06. The Balaban J connectivity index is 0.000001000. The highest BCUT2D eigenvalue weighted by atomic mass is 35.5. The third kappa shape index (κ3) is 1.98. The van der Waals surface area contributed by atoms with E-state index in [0.717, 1.165) is 11.3 Å². The van der Waals surface area contributed by atoms with Crippen molar-refractivity contribution >= 4 is 18.1 Å². The number of nitrogen functional groups attached to an aromatic ring is 1. The average molecular weight is 175 g/mol. The maximum absolute atomic E-state index is 5.55. The summed E-state index contributed by atoms with van der Waals surface area (Å²) in [6, 6.07) is 0. The van der Waals surface area contributed by atoms with E-state index in [2.05, 4.69) is 4.98 Å². The topological polar surface area (TPSA) is 48.1 Å². The lowest BCUT2D eigenvalue weighted by molar-refractivity contribution is 0.410. The molecule has 0 atom stereocenters. The summed E-state index contributed by atoms with van der Waals surface area (Å²) in [6.07, 6.45) is 3.25. The molecule has 0 saturated carbocycles. The Hall–Kier alpha value is -0.960.